The van der Waals surface area contributed by atoms with Gasteiger partial charge in [-0.05, 0) is 56.3 Å². The van der Waals surface area contributed by atoms with Crippen molar-refractivity contribution in [2.24, 2.45) is 0 Å². The molecule has 1 aromatic heterocycles. The number of benzene rings is 3. The Balaban J connectivity index is 1.52. The van der Waals surface area contributed by atoms with Gasteiger partial charge in [0.15, 0.2) is 17.3 Å². The minimum Gasteiger partial charge on any atom is -0.493 e. The predicted molar refractivity (Wildman–Crippen MR) is 162 cm³/mol. The van der Waals surface area contributed by atoms with E-state index >= 15 is 0 Å². The van der Waals surface area contributed by atoms with E-state index in [1.54, 1.807) is 18.9 Å². The molecule has 7 nitrogen and oxygen atoms in total. The molecule has 1 unspecified atom stereocenters. The van der Waals surface area contributed by atoms with Gasteiger partial charge in [0.05, 0.1) is 35.6 Å². The van der Waals surface area contributed by atoms with Gasteiger partial charge in [-0.3, -0.25) is 0 Å². The number of rotatable bonds is 10. The number of aromatic nitrogens is 2. The second kappa shape index (κ2) is 11.9. The van der Waals surface area contributed by atoms with E-state index in [-0.39, 0.29) is 5.37 Å². The normalized spacial score (nSPS) is 14.7. The number of halogens is 1. The lowest BCUT2D eigenvalue weighted by Gasteiger charge is -2.28. The highest BCUT2D eigenvalue weighted by Crippen LogP contribution is 2.56. The van der Waals surface area contributed by atoms with E-state index in [2.05, 4.69) is 48.8 Å². The van der Waals surface area contributed by atoms with Gasteiger partial charge in [-0.1, -0.05) is 61.5 Å². The Hall–Kier alpha value is -3.20. The average molecular weight is 564 g/mol. The van der Waals surface area contributed by atoms with Crippen molar-refractivity contribution in [2.45, 2.75) is 37.5 Å². The Labute approximate surface area is 239 Å². The van der Waals surface area contributed by atoms with Crippen LogP contribution in [0.1, 0.15) is 37.0 Å². The molecule has 1 atom stereocenters. The van der Waals surface area contributed by atoms with Gasteiger partial charge in [0, 0.05) is 22.9 Å². The fourth-order valence-corrected chi connectivity index (χ4v) is 6.49. The van der Waals surface area contributed by atoms with E-state index in [9.17, 15) is 0 Å². The lowest BCUT2D eigenvalue weighted by atomic mass is 10.1. The first-order valence-electron chi connectivity index (χ1n) is 13.3. The summed E-state index contributed by atoms with van der Waals surface area (Å²) in [5.41, 5.74) is 10.3. The van der Waals surface area contributed by atoms with Crippen molar-refractivity contribution >= 4 is 51.5 Å². The highest BCUT2D eigenvalue weighted by atomic mass is 35.5. The Bertz CT molecular complexity index is 1460. The smallest absolute Gasteiger partial charge is 0.164 e. The number of fused-ring (bicyclic) bond motifs is 2. The zero-order valence-corrected chi connectivity index (χ0v) is 24.4. The number of aryl methyl sites for hydroxylation is 1. The summed E-state index contributed by atoms with van der Waals surface area (Å²) in [6.07, 6.45) is 0.920. The number of para-hydroxylation sites is 2. The topological polar surface area (TPSA) is 76.7 Å². The SMILES string of the molecule is CCN(CC)CCCOc1cc2nc(C3Sc4ccccc4N3c3c(C)cccc3Cl)nc(N)c2cc1OC. The van der Waals surface area contributed by atoms with E-state index in [0.29, 0.717) is 40.3 Å². The maximum absolute atomic E-state index is 6.76. The summed E-state index contributed by atoms with van der Waals surface area (Å²) in [7, 11) is 1.63. The summed E-state index contributed by atoms with van der Waals surface area (Å²) in [5, 5.41) is 1.16. The predicted octanol–water partition coefficient (Wildman–Crippen LogP) is 7.24. The standard InChI is InChI=1S/C30H34ClN5O2S/c1-5-35(6-2)15-10-16-38-25-18-22-20(17-24(25)37-4)28(32)34-29(33-22)30-36(23-13-7-8-14-26(23)39-30)27-19(3)11-9-12-21(27)31/h7-9,11-14,17-18,30H,5-6,10,15-16H2,1-4H3,(H2,32,33,34). The third-order valence-electron chi connectivity index (χ3n) is 7.05. The number of methoxy groups -OCH3 is 1. The van der Waals surface area contributed by atoms with Crippen LogP contribution < -0.4 is 20.1 Å². The van der Waals surface area contributed by atoms with E-state index in [4.69, 9.17) is 36.8 Å². The monoisotopic (exact) mass is 563 g/mol. The van der Waals surface area contributed by atoms with Gasteiger partial charge in [0.1, 0.15) is 11.2 Å². The van der Waals surface area contributed by atoms with Crippen molar-refractivity contribution < 1.29 is 9.47 Å². The number of nitrogens with two attached hydrogens (primary N) is 1. The average Bonchev–Trinajstić information content (AvgIpc) is 3.32. The van der Waals surface area contributed by atoms with E-state index in [1.807, 2.05) is 36.4 Å². The van der Waals surface area contributed by atoms with Gasteiger partial charge in [-0.25, -0.2) is 9.97 Å². The van der Waals surface area contributed by atoms with Crippen molar-refractivity contribution in [3.05, 3.63) is 71.0 Å². The third-order valence-corrected chi connectivity index (χ3v) is 8.60. The molecule has 4 aromatic rings. The fraction of sp³-hybridized carbons (Fsp3) is 0.333. The summed E-state index contributed by atoms with van der Waals surface area (Å²) in [4.78, 5) is 15.5. The van der Waals surface area contributed by atoms with Gasteiger partial charge in [-0.15, -0.1) is 0 Å². The third kappa shape index (κ3) is 5.46. The van der Waals surface area contributed by atoms with Crippen molar-refractivity contribution in [3.8, 4) is 11.5 Å². The van der Waals surface area contributed by atoms with E-state index in [0.717, 1.165) is 53.3 Å². The number of anilines is 3. The van der Waals surface area contributed by atoms with Crippen LogP contribution in [-0.4, -0.2) is 48.2 Å². The molecule has 2 N–H and O–H groups in total. The molecule has 0 spiro atoms. The second-order valence-corrected chi connectivity index (χ2v) is 11.0. The van der Waals surface area contributed by atoms with Crippen LogP contribution in [0.25, 0.3) is 10.9 Å². The number of thioether (sulfide) groups is 1. The Kier molecular flexibility index (Phi) is 8.35. The minimum absolute atomic E-state index is 0.242. The van der Waals surface area contributed by atoms with Crippen molar-refractivity contribution in [1.29, 1.82) is 0 Å². The molecule has 0 saturated carbocycles. The molecule has 0 fully saturated rings. The molecule has 0 saturated heterocycles. The molecule has 2 heterocycles. The number of nitrogens with zero attached hydrogens (tertiary/aromatic N) is 4. The van der Waals surface area contributed by atoms with Crippen LogP contribution in [0.4, 0.5) is 17.2 Å². The second-order valence-electron chi connectivity index (χ2n) is 9.43. The molecular formula is C30H34ClN5O2S. The van der Waals surface area contributed by atoms with E-state index < -0.39 is 0 Å². The minimum atomic E-state index is -0.242. The van der Waals surface area contributed by atoms with Gasteiger partial charge in [0.2, 0.25) is 0 Å². The number of ether oxygens (including phenoxy) is 2. The van der Waals surface area contributed by atoms with Crippen LogP contribution in [0.5, 0.6) is 11.5 Å². The van der Waals surface area contributed by atoms with Gasteiger partial charge in [-0.2, -0.15) is 0 Å². The summed E-state index contributed by atoms with van der Waals surface area (Å²) in [6.45, 7) is 10.0. The van der Waals surface area contributed by atoms with Crippen LogP contribution in [0.2, 0.25) is 5.02 Å². The molecule has 1 aliphatic rings. The van der Waals surface area contributed by atoms with Crippen LogP contribution in [0.3, 0.4) is 0 Å². The Morgan fingerprint density at radius 2 is 1.85 bits per heavy atom. The number of hydrogen-bond donors (Lipinski definition) is 1. The van der Waals surface area contributed by atoms with Crippen molar-refractivity contribution in [1.82, 2.24) is 14.9 Å². The van der Waals surface area contributed by atoms with Crippen LogP contribution in [0.15, 0.2) is 59.5 Å². The molecule has 3 aromatic carbocycles. The zero-order valence-electron chi connectivity index (χ0n) is 22.8. The summed E-state index contributed by atoms with van der Waals surface area (Å²) in [6, 6.07) is 18.0. The van der Waals surface area contributed by atoms with Crippen molar-refractivity contribution in [3.63, 3.8) is 0 Å². The van der Waals surface area contributed by atoms with Crippen LogP contribution in [-0.2, 0) is 0 Å². The van der Waals surface area contributed by atoms with Crippen molar-refractivity contribution in [2.75, 3.05) is 44.0 Å². The van der Waals surface area contributed by atoms with Crippen LogP contribution in [0, 0.1) is 6.92 Å². The fourth-order valence-electron chi connectivity index (χ4n) is 4.96. The molecule has 5 rings (SSSR count). The number of hydrogen-bond acceptors (Lipinski definition) is 8. The molecule has 9 heteroatoms. The molecular weight excluding hydrogens is 530 g/mol. The Morgan fingerprint density at radius 1 is 1.05 bits per heavy atom. The van der Waals surface area contributed by atoms with Gasteiger partial charge < -0.3 is 25.0 Å². The molecule has 39 heavy (non-hydrogen) atoms. The Morgan fingerprint density at radius 3 is 2.59 bits per heavy atom. The van der Waals surface area contributed by atoms with E-state index in [1.165, 1.54) is 0 Å². The molecule has 0 bridgehead atoms. The first-order valence-corrected chi connectivity index (χ1v) is 14.5. The molecule has 0 aliphatic carbocycles. The highest BCUT2D eigenvalue weighted by molar-refractivity contribution is 8.00. The highest BCUT2D eigenvalue weighted by Gasteiger charge is 2.36. The zero-order chi connectivity index (χ0) is 27.5. The number of nitrogen functional groups attached to an aromatic ring is 1. The molecule has 204 valence electrons. The first kappa shape index (κ1) is 27.4. The lowest BCUT2D eigenvalue weighted by molar-refractivity contribution is 0.243. The quantitative estimate of drug-likeness (QED) is 0.202. The van der Waals surface area contributed by atoms with Crippen LogP contribution >= 0.6 is 23.4 Å². The summed E-state index contributed by atoms with van der Waals surface area (Å²) < 4.78 is 11.8. The van der Waals surface area contributed by atoms with Gasteiger partial charge in [0.25, 0.3) is 0 Å². The maximum Gasteiger partial charge on any atom is 0.164 e. The largest absolute Gasteiger partial charge is 0.493 e. The maximum atomic E-state index is 6.76. The molecule has 0 radical (unpaired) electrons. The first-order chi connectivity index (χ1) is 18.9. The molecule has 0 amide bonds. The van der Waals surface area contributed by atoms with Gasteiger partial charge >= 0.3 is 0 Å². The summed E-state index contributed by atoms with van der Waals surface area (Å²) in [5.74, 6) is 2.27. The molecule has 1 aliphatic heterocycles. The summed E-state index contributed by atoms with van der Waals surface area (Å²) >= 11 is 8.45. The lowest BCUT2D eigenvalue weighted by Crippen LogP contribution is -2.25.